The van der Waals surface area contributed by atoms with E-state index >= 15 is 0 Å². The normalized spacial score (nSPS) is 10.4. The van der Waals surface area contributed by atoms with Crippen molar-refractivity contribution in [3.63, 3.8) is 0 Å². The highest BCUT2D eigenvalue weighted by molar-refractivity contribution is 7.13. The van der Waals surface area contributed by atoms with Crippen LogP contribution in [0, 0.1) is 0 Å². The number of carbonyl (C=O) groups is 1. The highest BCUT2D eigenvalue weighted by atomic mass is 32.1. The zero-order chi connectivity index (χ0) is 10.1. The van der Waals surface area contributed by atoms with Gasteiger partial charge in [0.25, 0.3) is 0 Å². The molecule has 0 saturated carbocycles. The van der Waals surface area contributed by atoms with E-state index < -0.39 is 5.97 Å². The predicted octanol–water partition coefficient (Wildman–Crippen LogP) is 2.00. The summed E-state index contributed by atoms with van der Waals surface area (Å²) in [7, 11) is 1.57. The van der Waals surface area contributed by atoms with Crippen molar-refractivity contribution in [1.82, 2.24) is 4.37 Å². The van der Waals surface area contributed by atoms with Crippen LogP contribution in [-0.2, 0) is 0 Å². The predicted molar refractivity (Wildman–Crippen MR) is 53.1 cm³/mol. The summed E-state index contributed by atoms with van der Waals surface area (Å²) < 4.78 is 9.70. The number of ether oxygens (including phenoxy) is 1. The molecule has 72 valence electrons. The molecule has 0 aliphatic carbocycles. The van der Waals surface area contributed by atoms with Crippen LogP contribution in [0.15, 0.2) is 18.2 Å². The molecule has 1 heterocycles. The van der Waals surface area contributed by atoms with E-state index in [9.17, 15) is 4.79 Å². The van der Waals surface area contributed by atoms with Gasteiger partial charge in [0.1, 0.15) is 5.75 Å². The first-order valence-electron chi connectivity index (χ1n) is 3.89. The van der Waals surface area contributed by atoms with Gasteiger partial charge in [0, 0.05) is 5.39 Å². The highest BCUT2D eigenvalue weighted by Gasteiger charge is 2.12. The smallest absolute Gasteiger partial charge is 0.356 e. The molecule has 0 fully saturated rings. The van der Waals surface area contributed by atoms with Gasteiger partial charge in [-0.25, -0.2) is 4.79 Å². The first-order valence-corrected chi connectivity index (χ1v) is 4.66. The number of methoxy groups -OCH3 is 1. The Bertz CT molecular complexity index is 492. The molecule has 1 aromatic carbocycles. The number of hydrogen-bond acceptors (Lipinski definition) is 4. The van der Waals surface area contributed by atoms with Gasteiger partial charge >= 0.3 is 5.97 Å². The van der Waals surface area contributed by atoms with Crippen LogP contribution in [0.25, 0.3) is 10.1 Å². The fraction of sp³-hybridized carbons (Fsp3) is 0.111. The zero-order valence-corrected chi connectivity index (χ0v) is 8.17. The molecule has 0 unspecified atom stereocenters. The molecule has 0 spiro atoms. The number of carboxylic acids is 1. The summed E-state index contributed by atoms with van der Waals surface area (Å²) in [5.74, 6) is -0.292. The van der Waals surface area contributed by atoms with Gasteiger partial charge in [0.2, 0.25) is 0 Å². The van der Waals surface area contributed by atoms with E-state index in [1.165, 1.54) is 0 Å². The summed E-state index contributed by atoms with van der Waals surface area (Å²) in [5, 5.41) is 9.47. The molecule has 0 bridgehead atoms. The van der Waals surface area contributed by atoms with Crippen LogP contribution in [0.2, 0.25) is 0 Å². The van der Waals surface area contributed by atoms with Gasteiger partial charge in [0.05, 0.1) is 11.8 Å². The first kappa shape index (κ1) is 8.96. The minimum atomic E-state index is -0.999. The van der Waals surface area contributed by atoms with Crippen LogP contribution in [0.4, 0.5) is 0 Å². The SMILES string of the molecule is COc1ccc2c(C(=O)O)nsc2c1. The maximum absolute atomic E-state index is 10.7. The number of rotatable bonds is 2. The summed E-state index contributed by atoms with van der Waals surface area (Å²) in [6, 6.07) is 5.21. The Hall–Kier alpha value is -1.62. The van der Waals surface area contributed by atoms with Gasteiger partial charge in [-0.1, -0.05) is 0 Å². The number of fused-ring (bicyclic) bond motifs is 1. The van der Waals surface area contributed by atoms with Crippen LogP contribution in [0.3, 0.4) is 0 Å². The van der Waals surface area contributed by atoms with Gasteiger partial charge < -0.3 is 9.84 Å². The lowest BCUT2D eigenvalue weighted by Gasteiger charge is -1.97. The van der Waals surface area contributed by atoms with E-state index in [2.05, 4.69) is 4.37 Å². The van der Waals surface area contributed by atoms with Crippen LogP contribution in [0.5, 0.6) is 5.75 Å². The Morgan fingerprint density at radius 1 is 1.57 bits per heavy atom. The van der Waals surface area contributed by atoms with E-state index in [0.29, 0.717) is 11.1 Å². The summed E-state index contributed by atoms with van der Waals surface area (Å²) in [6.07, 6.45) is 0. The summed E-state index contributed by atoms with van der Waals surface area (Å²) in [4.78, 5) is 10.7. The van der Waals surface area contributed by atoms with E-state index in [4.69, 9.17) is 9.84 Å². The number of benzene rings is 1. The number of aromatic carboxylic acids is 1. The van der Waals surface area contributed by atoms with Crippen LogP contribution >= 0.6 is 11.5 Å². The van der Waals surface area contributed by atoms with Crippen molar-refractivity contribution in [2.24, 2.45) is 0 Å². The zero-order valence-electron chi connectivity index (χ0n) is 7.35. The van der Waals surface area contributed by atoms with Crippen molar-refractivity contribution in [1.29, 1.82) is 0 Å². The minimum absolute atomic E-state index is 0.104. The van der Waals surface area contributed by atoms with Crippen molar-refractivity contribution in [2.75, 3.05) is 7.11 Å². The molecule has 0 aliphatic rings. The van der Waals surface area contributed by atoms with Crippen LogP contribution in [0.1, 0.15) is 10.5 Å². The fourth-order valence-corrected chi connectivity index (χ4v) is 2.00. The van der Waals surface area contributed by atoms with Crippen LogP contribution in [-0.4, -0.2) is 22.6 Å². The maximum atomic E-state index is 10.7. The molecule has 1 N–H and O–H groups in total. The molecule has 0 atom stereocenters. The van der Waals surface area contributed by atoms with E-state index in [1.54, 1.807) is 25.3 Å². The van der Waals surface area contributed by atoms with Crippen molar-refractivity contribution in [3.8, 4) is 5.75 Å². The van der Waals surface area contributed by atoms with Gasteiger partial charge in [-0.15, -0.1) is 0 Å². The second kappa shape index (κ2) is 3.26. The van der Waals surface area contributed by atoms with E-state index in [0.717, 1.165) is 16.2 Å². The maximum Gasteiger partial charge on any atom is 0.356 e. The molecule has 0 saturated heterocycles. The molecular weight excluding hydrogens is 202 g/mol. The van der Waals surface area contributed by atoms with E-state index in [-0.39, 0.29) is 5.69 Å². The number of aromatic nitrogens is 1. The Kier molecular flexibility index (Phi) is 2.09. The van der Waals surface area contributed by atoms with Crippen molar-refractivity contribution >= 4 is 27.6 Å². The molecule has 0 amide bonds. The quantitative estimate of drug-likeness (QED) is 0.821. The Balaban J connectivity index is 2.65. The third-order valence-electron chi connectivity index (χ3n) is 1.88. The number of hydrogen-bond donors (Lipinski definition) is 1. The van der Waals surface area contributed by atoms with Crippen molar-refractivity contribution < 1.29 is 14.6 Å². The molecule has 2 aromatic rings. The lowest BCUT2D eigenvalue weighted by molar-refractivity contribution is 0.0694. The molecule has 14 heavy (non-hydrogen) atoms. The average molecular weight is 209 g/mol. The van der Waals surface area contributed by atoms with Gasteiger partial charge in [-0.2, -0.15) is 4.37 Å². The van der Waals surface area contributed by atoms with Crippen LogP contribution < -0.4 is 4.74 Å². The molecule has 1 aromatic heterocycles. The Morgan fingerprint density at radius 3 is 3.00 bits per heavy atom. The van der Waals surface area contributed by atoms with Crippen molar-refractivity contribution in [2.45, 2.75) is 0 Å². The van der Waals surface area contributed by atoms with Gasteiger partial charge in [-0.05, 0) is 29.7 Å². The molecule has 0 aliphatic heterocycles. The van der Waals surface area contributed by atoms with Gasteiger partial charge in [-0.3, -0.25) is 0 Å². The molecular formula is C9H7NO3S. The summed E-state index contributed by atoms with van der Waals surface area (Å²) in [6.45, 7) is 0. The standard InChI is InChI=1S/C9H7NO3S/c1-13-5-2-3-6-7(4-5)14-10-8(6)9(11)12/h2-4H,1H3,(H,11,12). The third-order valence-corrected chi connectivity index (χ3v) is 2.69. The lowest BCUT2D eigenvalue weighted by Crippen LogP contribution is -1.95. The number of carboxylic acid groups (broad SMARTS) is 1. The summed E-state index contributed by atoms with van der Waals surface area (Å²) >= 11 is 1.16. The largest absolute Gasteiger partial charge is 0.497 e. The minimum Gasteiger partial charge on any atom is -0.497 e. The third kappa shape index (κ3) is 1.31. The second-order valence-electron chi connectivity index (χ2n) is 2.70. The Labute approximate surface area is 83.9 Å². The van der Waals surface area contributed by atoms with E-state index in [1.807, 2.05) is 0 Å². The molecule has 0 radical (unpaired) electrons. The first-order chi connectivity index (χ1) is 6.72. The molecule has 2 rings (SSSR count). The highest BCUT2D eigenvalue weighted by Crippen LogP contribution is 2.26. The fourth-order valence-electron chi connectivity index (χ4n) is 1.20. The average Bonchev–Trinajstić information content (AvgIpc) is 2.59. The number of nitrogens with zero attached hydrogens (tertiary/aromatic N) is 1. The van der Waals surface area contributed by atoms with Gasteiger partial charge in [0.15, 0.2) is 5.69 Å². The molecule has 5 heteroatoms. The second-order valence-corrected chi connectivity index (χ2v) is 3.50. The topological polar surface area (TPSA) is 59.4 Å². The summed E-state index contributed by atoms with van der Waals surface area (Å²) in [5.41, 5.74) is 0.104. The Morgan fingerprint density at radius 2 is 2.36 bits per heavy atom. The lowest BCUT2D eigenvalue weighted by atomic mass is 10.2. The van der Waals surface area contributed by atoms with Crippen molar-refractivity contribution in [3.05, 3.63) is 23.9 Å². The molecule has 4 nitrogen and oxygen atoms in total. The monoisotopic (exact) mass is 209 g/mol.